The van der Waals surface area contributed by atoms with Crippen molar-refractivity contribution in [3.8, 4) is 5.75 Å². The highest BCUT2D eigenvalue weighted by Gasteiger charge is 2.25. The summed E-state index contributed by atoms with van der Waals surface area (Å²) in [6.45, 7) is 2.02. The van der Waals surface area contributed by atoms with Crippen molar-refractivity contribution in [3.05, 3.63) is 68.8 Å². The molecule has 0 bridgehead atoms. The van der Waals surface area contributed by atoms with Gasteiger partial charge in [0, 0.05) is 33.6 Å². The van der Waals surface area contributed by atoms with E-state index in [1.807, 2.05) is 6.92 Å². The molecule has 146 valence electrons. The summed E-state index contributed by atoms with van der Waals surface area (Å²) in [4.78, 5) is 16.7. The van der Waals surface area contributed by atoms with Crippen molar-refractivity contribution in [1.29, 1.82) is 0 Å². The van der Waals surface area contributed by atoms with E-state index in [9.17, 15) is 9.90 Å². The molecular weight excluding hydrogens is 419 g/mol. The number of phenols is 1. The van der Waals surface area contributed by atoms with Crippen LogP contribution < -0.4 is 5.32 Å². The van der Waals surface area contributed by atoms with Crippen LogP contribution in [0.25, 0.3) is 10.9 Å². The molecule has 2 N–H and O–H groups in total. The molecule has 3 aromatic rings. The third kappa shape index (κ3) is 4.35. The molecular formula is C21H19Cl3N2O2. The predicted octanol–water partition coefficient (Wildman–Crippen LogP) is 6.30. The fourth-order valence-electron chi connectivity index (χ4n) is 3.06. The number of hydrogen-bond donors (Lipinski definition) is 2. The Kier molecular flexibility index (Phi) is 6.65. The highest BCUT2D eigenvalue weighted by Crippen LogP contribution is 2.40. The number of carbonyl (C=O) groups is 1. The summed E-state index contributed by atoms with van der Waals surface area (Å²) in [6.07, 6.45) is 3.61. The van der Waals surface area contributed by atoms with Crippen molar-refractivity contribution >= 4 is 51.6 Å². The standard InChI is InChI=1S/C21H19Cl3N2O2/c1-2-3-6-18(27)26-19(14-8-7-12(22)10-16(14)23)15-11-17(24)13-5-4-9-25-20(13)21(15)28/h4-5,7-11,19,28H,2-3,6H2,1H3,(H,26,27)/t19-/m0/s1. The van der Waals surface area contributed by atoms with Crippen molar-refractivity contribution < 1.29 is 9.90 Å². The van der Waals surface area contributed by atoms with Gasteiger partial charge < -0.3 is 10.4 Å². The van der Waals surface area contributed by atoms with E-state index in [0.29, 0.717) is 43.5 Å². The zero-order chi connectivity index (χ0) is 20.3. The monoisotopic (exact) mass is 436 g/mol. The molecule has 0 unspecified atom stereocenters. The Morgan fingerprint density at radius 1 is 1.14 bits per heavy atom. The van der Waals surface area contributed by atoms with E-state index in [-0.39, 0.29) is 11.7 Å². The van der Waals surface area contributed by atoms with Gasteiger partial charge in [0.15, 0.2) is 0 Å². The molecule has 1 heterocycles. The first-order valence-corrected chi connectivity index (χ1v) is 10.1. The number of nitrogens with one attached hydrogen (secondary N) is 1. The second-order valence-corrected chi connectivity index (χ2v) is 7.72. The Labute approximate surface area is 178 Å². The van der Waals surface area contributed by atoms with Gasteiger partial charge in [-0.15, -0.1) is 0 Å². The Morgan fingerprint density at radius 3 is 2.64 bits per heavy atom. The molecule has 0 saturated heterocycles. The number of unbranched alkanes of at least 4 members (excludes halogenated alkanes) is 1. The van der Waals surface area contributed by atoms with Crippen LogP contribution in [0, 0.1) is 0 Å². The van der Waals surface area contributed by atoms with E-state index in [1.54, 1.807) is 42.6 Å². The van der Waals surface area contributed by atoms with Crippen molar-refractivity contribution in [3.63, 3.8) is 0 Å². The van der Waals surface area contributed by atoms with Crippen LogP contribution in [-0.2, 0) is 4.79 Å². The van der Waals surface area contributed by atoms with E-state index in [2.05, 4.69) is 10.3 Å². The maximum absolute atomic E-state index is 12.5. The van der Waals surface area contributed by atoms with Gasteiger partial charge >= 0.3 is 0 Å². The van der Waals surface area contributed by atoms with Crippen LogP contribution in [0.3, 0.4) is 0 Å². The Bertz CT molecular complexity index is 1020. The number of rotatable bonds is 6. The SMILES string of the molecule is CCCCC(=O)N[C@@H](c1ccc(Cl)cc1Cl)c1cc(Cl)c2cccnc2c1O. The summed E-state index contributed by atoms with van der Waals surface area (Å²) >= 11 is 18.9. The zero-order valence-electron chi connectivity index (χ0n) is 15.2. The Morgan fingerprint density at radius 2 is 1.93 bits per heavy atom. The smallest absolute Gasteiger partial charge is 0.220 e. The maximum atomic E-state index is 12.5. The average molecular weight is 438 g/mol. The molecule has 3 rings (SSSR count). The van der Waals surface area contributed by atoms with E-state index in [1.165, 1.54) is 0 Å². The van der Waals surface area contributed by atoms with Crippen LogP contribution in [-0.4, -0.2) is 16.0 Å². The van der Waals surface area contributed by atoms with Crippen molar-refractivity contribution in [2.75, 3.05) is 0 Å². The van der Waals surface area contributed by atoms with Gasteiger partial charge in [0.25, 0.3) is 0 Å². The number of carbonyl (C=O) groups excluding carboxylic acids is 1. The van der Waals surface area contributed by atoms with Gasteiger partial charge in [0.05, 0.1) is 11.1 Å². The number of nitrogens with zero attached hydrogens (tertiary/aromatic N) is 1. The summed E-state index contributed by atoms with van der Waals surface area (Å²) in [6, 6.07) is 9.47. The van der Waals surface area contributed by atoms with E-state index in [4.69, 9.17) is 34.8 Å². The first-order chi connectivity index (χ1) is 13.4. The van der Waals surface area contributed by atoms with Crippen molar-refractivity contribution in [1.82, 2.24) is 10.3 Å². The highest BCUT2D eigenvalue weighted by atomic mass is 35.5. The number of aromatic nitrogens is 1. The number of halogens is 3. The van der Waals surface area contributed by atoms with Gasteiger partial charge in [-0.05, 0) is 42.3 Å². The lowest BCUT2D eigenvalue weighted by Gasteiger charge is -2.23. The van der Waals surface area contributed by atoms with Gasteiger partial charge in [0.2, 0.25) is 5.91 Å². The van der Waals surface area contributed by atoms with Crippen LogP contribution >= 0.6 is 34.8 Å². The molecule has 4 nitrogen and oxygen atoms in total. The quantitative estimate of drug-likeness (QED) is 0.476. The number of fused-ring (bicyclic) bond motifs is 1. The van der Waals surface area contributed by atoms with Crippen molar-refractivity contribution in [2.45, 2.75) is 32.2 Å². The molecule has 0 aliphatic heterocycles. The molecule has 1 aromatic heterocycles. The number of aromatic hydroxyl groups is 1. The van der Waals surface area contributed by atoms with Crippen LogP contribution in [0.15, 0.2) is 42.6 Å². The Balaban J connectivity index is 2.15. The number of phenolic OH excluding ortho intramolecular Hbond substituents is 1. The molecule has 0 spiro atoms. The molecule has 0 fully saturated rings. The van der Waals surface area contributed by atoms with Gasteiger partial charge in [0.1, 0.15) is 11.3 Å². The van der Waals surface area contributed by atoms with Crippen LogP contribution in [0.1, 0.15) is 43.4 Å². The Hall–Kier alpha value is -2.01. The third-order valence-corrected chi connectivity index (χ3v) is 5.37. The zero-order valence-corrected chi connectivity index (χ0v) is 17.4. The minimum atomic E-state index is -0.696. The number of benzene rings is 2. The summed E-state index contributed by atoms with van der Waals surface area (Å²) in [5.74, 6) is -0.193. The maximum Gasteiger partial charge on any atom is 0.220 e. The fourth-order valence-corrected chi connectivity index (χ4v) is 3.84. The number of pyridine rings is 1. The second kappa shape index (κ2) is 8.99. The third-order valence-electron chi connectivity index (χ3n) is 4.49. The average Bonchev–Trinajstić information content (AvgIpc) is 2.68. The van der Waals surface area contributed by atoms with Gasteiger partial charge in [-0.1, -0.05) is 54.2 Å². The molecule has 0 aliphatic rings. The lowest BCUT2D eigenvalue weighted by molar-refractivity contribution is -0.121. The summed E-state index contributed by atoms with van der Waals surface area (Å²) in [5.41, 5.74) is 1.39. The van der Waals surface area contributed by atoms with E-state index in [0.717, 1.165) is 12.8 Å². The topological polar surface area (TPSA) is 62.2 Å². The van der Waals surface area contributed by atoms with Gasteiger partial charge in [-0.2, -0.15) is 0 Å². The lowest BCUT2D eigenvalue weighted by atomic mass is 9.95. The number of hydrogen-bond acceptors (Lipinski definition) is 3. The number of amides is 1. The fraction of sp³-hybridized carbons (Fsp3) is 0.238. The summed E-state index contributed by atoms with van der Waals surface area (Å²) in [7, 11) is 0. The molecule has 1 amide bonds. The molecule has 0 aliphatic carbocycles. The highest BCUT2D eigenvalue weighted by molar-refractivity contribution is 6.36. The molecule has 2 aromatic carbocycles. The van der Waals surface area contributed by atoms with Crippen LogP contribution in [0.4, 0.5) is 0 Å². The minimum absolute atomic E-state index is 0.0493. The van der Waals surface area contributed by atoms with E-state index >= 15 is 0 Å². The lowest BCUT2D eigenvalue weighted by Crippen LogP contribution is -2.29. The molecule has 7 heteroatoms. The largest absolute Gasteiger partial charge is 0.505 e. The van der Waals surface area contributed by atoms with Crippen LogP contribution in [0.2, 0.25) is 15.1 Å². The normalized spacial score (nSPS) is 12.1. The second-order valence-electron chi connectivity index (χ2n) is 6.47. The van der Waals surface area contributed by atoms with Gasteiger partial charge in [-0.3, -0.25) is 9.78 Å². The van der Waals surface area contributed by atoms with Gasteiger partial charge in [-0.25, -0.2) is 0 Å². The first-order valence-electron chi connectivity index (χ1n) is 8.92. The van der Waals surface area contributed by atoms with E-state index < -0.39 is 6.04 Å². The molecule has 0 saturated carbocycles. The predicted molar refractivity (Wildman–Crippen MR) is 114 cm³/mol. The summed E-state index contributed by atoms with van der Waals surface area (Å²) in [5, 5.41) is 15.8. The molecule has 28 heavy (non-hydrogen) atoms. The first kappa shape index (κ1) is 20.7. The molecule has 1 atom stereocenters. The molecule has 0 radical (unpaired) electrons. The van der Waals surface area contributed by atoms with Crippen molar-refractivity contribution in [2.24, 2.45) is 0 Å². The minimum Gasteiger partial charge on any atom is -0.505 e. The van der Waals surface area contributed by atoms with Crippen LogP contribution in [0.5, 0.6) is 5.75 Å². The summed E-state index contributed by atoms with van der Waals surface area (Å²) < 4.78 is 0.